The summed E-state index contributed by atoms with van der Waals surface area (Å²) < 4.78 is 33.6. The molecule has 0 aromatic heterocycles. The minimum absolute atomic E-state index is 0.108. The van der Waals surface area contributed by atoms with E-state index in [2.05, 4.69) is 0 Å². The van der Waals surface area contributed by atoms with Crippen LogP contribution in [0.3, 0.4) is 0 Å². The monoisotopic (exact) mass is 406 g/mol. The Morgan fingerprint density at radius 3 is 1.46 bits per heavy atom. The molecule has 0 amide bonds. The van der Waals surface area contributed by atoms with Gasteiger partial charge in [0.2, 0.25) is 0 Å². The molecule has 1 aliphatic heterocycles. The van der Waals surface area contributed by atoms with E-state index in [1.54, 1.807) is 0 Å². The van der Waals surface area contributed by atoms with Gasteiger partial charge in [0, 0.05) is 6.61 Å². The Labute approximate surface area is 171 Å². The lowest BCUT2D eigenvalue weighted by Gasteiger charge is -2.18. The third-order valence-corrected chi connectivity index (χ3v) is 4.56. The maximum Gasteiger partial charge on any atom is 0.0809 e. The average Bonchev–Trinajstić information content (AvgIpc) is 2.71. The average molecular weight is 407 g/mol. The Morgan fingerprint density at radius 1 is 0.500 bits per heavy atom. The van der Waals surface area contributed by atoms with Crippen molar-refractivity contribution in [2.24, 2.45) is 0 Å². The molecule has 1 rings (SSSR count). The number of aliphatic hydroxyl groups is 1. The van der Waals surface area contributed by atoms with Gasteiger partial charge in [-0.15, -0.1) is 0 Å². The Morgan fingerprint density at radius 2 is 0.929 bits per heavy atom. The highest BCUT2D eigenvalue weighted by atomic mass is 16.6. The molecule has 28 heavy (non-hydrogen) atoms. The molecule has 0 aromatic carbocycles. The molecule has 7 nitrogen and oxygen atoms in total. The summed E-state index contributed by atoms with van der Waals surface area (Å²) in [4.78, 5) is 0. The van der Waals surface area contributed by atoms with Crippen LogP contribution >= 0.6 is 0 Å². The molecule has 1 unspecified atom stereocenters. The SMILES string of the molecule is OCCCCCCCCCC1COCCOCCOCCOCCOCCO1. The van der Waals surface area contributed by atoms with Crippen LogP contribution in [0.4, 0.5) is 0 Å². The molecule has 0 radical (unpaired) electrons. The van der Waals surface area contributed by atoms with Crippen LogP contribution in [0.15, 0.2) is 0 Å². The maximum absolute atomic E-state index is 8.79. The number of hydrogen-bond donors (Lipinski definition) is 1. The second kappa shape index (κ2) is 21.4. The van der Waals surface area contributed by atoms with Gasteiger partial charge in [0.05, 0.1) is 78.8 Å². The minimum atomic E-state index is 0.108. The number of aliphatic hydroxyl groups excluding tert-OH is 1. The normalized spacial score (nSPS) is 22.4. The van der Waals surface area contributed by atoms with E-state index in [0.717, 1.165) is 25.7 Å². The van der Waals surface area contributed by atoms with Crippen molar-refractivity contribution in [1.82, 2.24) is 0 Å². The highest BCUT2D eigenvalue weighted by Gasteiger charge is 2.10. The van der Waals surface area contributed by atoms with E-state index in [-0.39, 0.29) is 6.10 Å². The number of unbranched alkanes of at least 4 members (excludes halogenated alkanes) is 6. The Kier molecular flexibility index (Phi) is 19.7. The first kappa shape index (κ1) is 25.8. The zero-order chi connectivity index (χ0) is 20.0. The smallest absolute Gasteiger partial charge is 0.0809 e. The fourth-order valence-electron chi connectivity index (χ4n) is 2.95. The fourth-order valence-corrected chi connectivity index (χ4v) is 2.95. The summed E-state index contributed by atoms with van der Waals surface area (Å²) in [6, 6.07) is 0. The summed E-state index contributed by atoms with van der Waals surface area (Å²) in [5.74, 6) is 0. The molecule has 1 aliphatic rings. The van der Waals surface area contributed by atoms with Crippen LogP contribution in [-0.2, 0) is 28.4 Å². The van der Waals surface area contributed by atoms with Gasteiger partial charge in [-0.25, -0.2) is 0 Å². The van der Waals surface area contributed by atoms with Crippen LogP contribution < -0.4 is 0 Å². The van der Waals surface area contributed by atoms with E-state index in [4.69, 9.17) is 33.5 Å². The molecule has 0 aliphatic carbocycles. The van der Waals surface area contributed by atoms with Crippen molar-refractivity contribution >= 4 is 0 Å². The van der Waals surface area contributed by atoms with Gasteiger partial charge in [-0.05, 0) is 12.8 Å². The number of rotatable bonds is 9. The van der Waals surface area contributed by atoms with Gasteiger partial charge in [-0.2, -0.15) is 0 Å². The predicted octanol–water partition coefficient (Wildman–Crippen LogP) is 2.58. The molecule has 0 bridgehead atoms. The summed E-state index contributed by atoms with van der Waals surface area (Å²) in [7, 11) is 0. The lowest BCUT2D eigenvalue weighted by molar-refractivity contribution is -0.0628. The first-order chi connectivity index (χ1) is 13.9. The molecule has 7 heteroatoms. The van der Waals surface area contributed by atoms with Gasteiger partial charge in [-0.1, -0.05) is 38.5 Å². The van der Waals surface area contributed by atoms with Crippen molar-refractivity contribution in [3.05, 3.63) is 0 Å². The Balaban J connectivity index is 2.15. The molecule has 1 atom stereocenters. The third-order valence-electron chi connectivity index (χ3n) is 4.56. The van der Waals surface area contributed by atoms with Gasteiger partial charge >= 0.3 is 0 Å². The molecule has 0 saturated carbocycles. The molecular formula is C21H42O7. The van der Waals surface area contributed by atoms with Crippen molar-refractivity contribution < 1.29 is 33.5 Å². The lowest BCUT2D eigenvalue weighted by atomic mass is 10.1. The van der Waals surface area contributed by atoms with Crippen LogP contribution in [0, 0.1) is 0 Å². The molecule has 1 heterocycles. The summed E-state index contributed by atoms with van der Waals surface area (Å²) in [6.07, 6.45) is 9.26. The van der Waals surface area contributed by atoms with E-state index >= 15 is 0 Å². The maximum atomic E-state index is 8.79. The third kappa shape index (κ3) is 17.8. The Hall–Kier alpha value is -0.280. The van der Waals surface area contributed by atoms with Gasteiger partial charge in [0.25, 0.3) is 0 Å². The standard InChI is InChI=1S/C21H42O7/c22-9-7-5-3-1-2-4-6-8-21-20-27-17-16-25-13-12-23-10-11-24-14-15-26-18-19-28-21/h21-22H,1-20H2. The molecule has 1 N–H and O–H groups in total. The van der Waals surface area contributed by atoms with Crippen LogP contribution in [0.25, 0.3) is 0 Å². The Bertz CT molecular complexity index is 286. The first-order valence-electron chi connectivity index (χ1n) is 11.0. The highest BCUT2D eigenvalue weighted by Crippen LogP contribution is 2.12. The minimum Gasteiger partial charge on any atom is -0.396 e. The topological polar surface area (TPSA) is 75.6 Å². The molecule has 0 spiro atoms. The van der Waals surface area contributed by atoms with Crippen molar-refractivity contribution in [2.75, 3.05) is 79.3 Å². The van der Waals surface area contributed by atoms with Gasteiger partial charge in [0.15, 0.2) is 0 Å². The van der Waals surface area contributed by atoms with Gasteiger partial charge < -0.3 is 33.5 Å². The summed E-state index contributed by atoms with van der Waals surface area (Å²) >= 11 is 0. The molecule has 1 fully saturated rings. The summed E-state index contributed by atoms with van der Waals surface area (Å²) in [5.41, 5.74) is 0. The predicted molar refractivity (Wildman–Crippen MR) is 108 cm³/mol. The van der Waals surface area contributed by atoms with Crippen LogP contribution in [-0.4, -0.2) is 90.5 Å². The van der Waals surface area contributed by atoms with Crippen molar-refractivity contribution in [1.29, 1.82) is 0 Å². The second-order valence-electron chi connectivity index (χ2n) is 7.00. The molecule has 0 aromatic rings. The zero-order valence-corrected chi connectivity index (χ0v) is 17.6. The number of ether oxygens (including phenoxy) is 6. The van der Waals surface area contributed by atoms with Crippen molar-refractivity contribution in [3.8, 4) is 0 Å². The molecule has 168 valence electrons. The first-order valence-corrected chi connectivity index (χ1v) is 11.0. The zero-order valence-electron chi connectivity index (χ0n) is 17.6. The quantitative estimate of drug-likeness (QED) is 0.590. The summed E-state index contributed by atoms with van der Waals surface area (Å²) in [5, 5.41) is 8.79. The van der Waals surface area contributed by atoms with Crippen molar-refractivity contribution in [3.63, 3.8) is 0 Å². The highest BCUT2D eigenvalue weighted by molar-refractivity contribution is 4.59. The van der Waals surface area contributed by atoms with Gasteiger partial charge in [0.1, 0.15) is 0 Å². The summed E-state index contributed by atoms with van der Waals surface area (Å²) in [6.45, 7) is 6.66. The van der Waals surface area contributed by atoms with Gasteiger partial charge in [-0.3, -0.25) is 0 Å². The molecular weight excluding hydrogens is 364 g/mol. The van der Waals surface area contributed by atoms with E-state index in [0.29, 0.717) is 79.3 Å². The van der Waals surface area contributed by atoms with E-state index in [1.165, 1.54) is 25.7 Å². The van der Waals surface area contributed by atoms with Crippen LogP contribution in [0.5, 0.6) is 0 Å². The number of hydrogen-bond acceptors (Lipinski definition) is 7. The largest absolute Gasteiger partial charge is 0.396 e. The van der Waals surface area contributed by atoms with E-state index < -0.39 is 0 Å². The van der Waals surface area contributed by atoms with Crippen molar-refractivity contribution in [2.45, 2.75) is 57.5 Å². The fraction of sp³-hybridized carbons (Fsp3) is 1.00. The van der Waals surface area contributed by atoms with E-state index in [9.17, 15) is 0 Å². The van der Waals surface area contributed by atoms with E-state index in [1.807, 2.05) is 0 Å². The van der Waals surface area contributed by atoms with Crippen LogP contribution in [0.2, 0.25) is 0 Å². The lowest BCUT2D eigenvalue weighted by Crippen LogP contribution is -2.24. The molecule has 1 saturated heterocycles. The van der Waals surface area contributed by atoms with Crippen LogP contribution in [0.1, 0.15) is 51.4 Å². The second-order valence-corrected chi connectivity index (χ2v) is 7.00.